The van der Waals surface area contributed by atoms with Crippen LogP contribution in [0.1, 0.15) is 60.0 Å². The van der Waals surface area contributed by atoms with E-state index in [1.807, 2.05) is 0 Å². The van der Waals surface area contributed by atoms with Crippen LogP contribution in [0.25, 0.3) is 0 Å². The van der Waals surface area contributed by atoms with E-state index >= 15 is 8.78 Å². The zero-order valence-corrected chi connectivity index (χ0v) is 22.9. The van der Waals surface area contributed by atoms with E-state index < -0.39 is 40.5 Å². The lowest BCUT2D eigenvalue weighted by Gasteiger charge is -2.36. The number of hydrogen-bond donors (Lipinski definition) is 2. The number of likely N-dealkylation sites (tertiary alicyclic amines) is 1. The van der Waals surface area contributed by atoms with Crippen molar-refractivity contribution in [3.63, 3.8) is 0 Å². The first-order valence-corrected chi connectivity index (χ1v) is 13.3. The van der Waals surface area contributed by atoms with Crippen molar-refractivity contribution < 1.29 is 32.4 Å². The summed E-state index contributed by atoms with van der Waals surface area (Å²) in [6, 6.07) is 6.72. The third-order valence-corrected chi connectivity index (χ3v) is 7.68. The number of carbonyl (C=O) groups excluding carboxylic acids is 3. The molecule has 2 aliphatic rings. The molecule has 0 aliphatic carbocycles. The molecule has 1 fully saturated rings. The average Bonchev–Trinajstić information content (AvgIpc) is 3.63. The lowest BCUT2D eigenvalue weighted by atomic mass is 9.82. The molecule has 10 nitrogen and oxygen atoms in total. The zero-order chi connectivity index (χ0) is 29.5. The molecular weight excluding hydrogens is 538 g/mol. The number of ether oxygens (including phenoxy) is 1. The van der Waals surface area contributed by atoms with Crippen molar-refractivity contribution in [1.82, 2.24) is 15.0 Å². The summed E-state index contributed by atoms with van der Waals surface area (Å²) in [4.78, 5) is 54.4. The Hall–Kier alpha value is -4.48. The van der Waals surface area contributed by atoms with Crippen LogP contribution in [-0.2, 0) is 21.4 Å². The molecule has 12 heteroatoms. The Morgan fingerprint density at radius 1 is 1.05 bits per heavy atom. The minimum Gasteiger partial charge on any atom is -0.497 e. The molecule has 41 heavy (non-hydrogen) atoms. The maximum atomic E-state index is 15.4. The molecule has 2 aromatic carbocycles. The van der Waals surface area contributed by atoms with Gasteiger partial charge in [0.25, 0.3) is 17.4 Å². The van der Waals surface area contributed by atoms with Gasteiger partial charge in [-0.3, -0.25) is 19.2 Å². The number of nitrogens with zero attached hydrogens (tertiary/aromatic N) is 2. The highest BCUT2D eigenvalue weighted by Gasteiger charge is 2.41. The highest BCUT2D eigenvalue weighted by molar-refractivity contribution is 6.01. The molecule has 5 rings (SSSR count). The highest BCUT2D eigenvalue weighted by atomic mass is 19.1. The third kappa shape index (κ3) is 5.21. The van der Waals surface area contributed by atoms with Gasteiger partial charge < -0.3 is 24.4 Å². The van der Waals surface area contributed by atoms with Gasteiger partial charge in [0.05, 0.1) is 18.6 Å². The van der Waals surface area contributed by atoms with E-state index in [1.54, 1.807) is 23.1 Å². The predicted molar refractivity (Wildman–Crippen MR) is 144 cm³/mol. The second-order valence-electron chi connectivity index (χ2n) is 10.7. The van der Waals surface area contributed by atoms with Crippen molar-refractivity contribution in [2.24, 2.45) is 0 Å². The van der Waals surface area contributed by atoms with E-state index in [1.165, 1.54) is 25.9 Å². The number of aromatic amines is 1. The van der Waals surface area contributed by atoms with Gasteiger partial charge in [0.1, 0.15) is 23.4 Å². The summed E-state index contributed by atoms with van der Waals surface area (Å²) >= 11 is 0. The van der Waals surface area contributed by atoms with Crippen LogP contribution in [0.2, 0.25) is 0 Å². The van der Waals surface area contributed by atoms with Crippen LogP contribution >= 0.6 is 0 Å². The Morgan fingerprint density at radius 3 is 2.34 bits per heavy atom. The van der Waals surface area contributed by atoms with E-state index in [4.69, 9.17) is 9.26 Å². The van der Waals surface area contributed by atoms with Gasteiger partial charge >= 0.3 is 0 Å². The summed E-state index contributed by atoms with van der Waals surface area (Å²) in [5.74, 6) is -3.49. The van der Waals surface area contributed by atoms with Crippen molar-refractivity contribution in [2.45, 2.75) is 44.6 Å². The first kappa shape index (κ1) is 28.1. The van der Waals surface area contributed by atoms with Crippen molar-refractivity contribution in [3.05, 3.63) is 80.8 Å². The molecule has 1 saturated heterocycles. The molecule has 3 amide bonds. The number of amides is 3. The van der Waals surface area contributed by atoms with Crippen LogP contribution in [-0.4, -0.2) is 59.4 Å². The number of hydrogen-bond acceptors (Lipinski definition) is 6. The summed E-state index contributed by atoms with van der Waals surface area (Å²) in [6.45, 7) is 4.12. The molecule has 1 aromatic heterocycles. The first-order chi connectivity index (χ1) is 19.5. The lowest BCUT2D eigenvalue weighted by Crippen LogP contribution is -2.45. The fourth-order valence-electron chi connectivity index (χ4n) is 5.64. The summed E-state index contributed by atoms with van der Waals surface area (Å²) in [5.41, 5.74) is -1.42. The van der Waals surface area contributed by atoms with Crippen LogP contribution < -0.4 is 15.6 Å². The molecule has 3 heterocycles. The Morgan fingerprint density at radius 2 is 1.73 bits per heavy atom. The smallest absolute Gasteiger partial charge is 0.293 e. The summed E-state index contributed by atoms with van der Waals surface area (Å²) < 4.78 is 41.1. The maximum absolute atomic E-state index is 15.4. The molecule has 3 aromatic rings. The molecule has 0 bridgehead atoms. The number of fused-ring (bicyclic) bond motifs is 1. The van der Waals surface area contributed by atoms with Crippen LogP contribution in [0, 0.1) is 11.6 Å². The monoisotopic (exact) mass is 568 g/mol. The van der Waals surface area contributed by atoms with Gasteiger partial charge in [-0.05, 0) is 68.5 Å². The fourth-order valence-corrected chi connectivity index (χ4v) is 5.64. The number of nitrogens with one attached hydrogen (secondary N) is 2. The summed E-state index contributed by atoms with van der Waals surface area (Å²) in [6.07, 6.45) is 2.06. The van der Waals surface area contributed by atoms with Gasteiger partial charge in [-0.2, -0.15) is 5.16 Å². The van der Waals surface area contributed by atoms with Crippen molar-refractivity contribution in [3.8, 4) is 5.75 Å². The predicted octanol–water partition coefficient (Wildman–Crippen LogP) is 3.53. The van der Waals surface area contributed by atoms with Crippen LogP contribution in [0.3, 0.4) is 0 Å². The number of rotatable bonds is 6. The lowest BCUT2D eigenvalue weighted by molar-refractivity contribution is -0.135. The number of H-pyrrole nitrogens is 1. The van der Waals surface area contributed by atoms with Crippen molar-refractivity contribution in [1.29, 1.82) is 0 Å². The third-order valence-electron chi connectivity index (χ3n) is 7.68. The van der Waals surface area contributed by atoms with E-state index in [0.717, 1.165) is 36.6 Å². The number of methoxy groups -OCH3 is 1. The number of anilines is 1. The Kier molecular flexibility index (Phi) is 7.41. The Balaban J connectivity index is 1.46. The normalized spacial score (nSPS) is 16.9. The summed E-state index contributed by atoms with van der Waals surface area (Å²) in [7, 11) is 1.51. The van der Waals surface area contributed by atoms with Gasteiger partial charge in [0.2, 0.25) is 11.7 Å². The number of halogens is 2. The molecule has 2 N–H and O–H groups in total. The first-order valence-electron chi connectivity index (χ1n) is 13.3. The van der Waals surface area contributed by atoms with E-state index in [9.17, 15) is 19.2 Å². The SMILES string of the molecule is COc1ccc2c(c1)CCN(C(=O)c1cc(=O)[nH]o1)[C@H]2C(=O)Nc1cc(F)c(C(C)(C)C(=O)N2CCCC2)c(F)c1. The zero-order valence-electron chi connectivity index (χ0n) is 22.9. The van der Waals surface area contributed by atoms with Crippen molar-refractivity contribution >= 4 is 23.4 Å². The molecule has 216 valence electrons. The molecule has 0 radical (unpaired) electrons. The highest BCUT2D eigenvalue weighted by Crippen LogP contribution is 2.36. The minimum absolute atomic E-state index is 0.0977. The van der Waals surface area contributed by atoms with Gasteiger partial charge in [0.15, 0.2) is 0 Å². The van der Waals surface area contributed by atoms with Gasteiger partial charge in [-0.25, -0.2) is 8.78 Å². The van der Waals surface area contributed by atoms with Crippen LogP contribution in [0.15, 0.2) is 45.7 Å². The summed E-state index contributed by atoms with van der Waals surface area (Å²) in [5, 5.41) is 4.58. The van der Waals surface area contributed by atoms with Crippen LogP contribution in [0.5, 0.6) is 5.75 Å². The fraction of sp³-hybridized carbons (Fsp3) is 0.379. The van der Waals surface area contributed by atoms with Crippen LogP contribution in [0.4, 0.5) is 14.5 Å². The Labute approximate surface area is 234 Å². The van der Waals surface area contributed by atoms with E-state index in [2.05, 4.69) is 10.5 Å². The molecule has 0 spiro atoms. The number of aromatic nitrogens is 1. The molecule has 0 unspecified atom stereocenters. The second kappa shape index (κ2) is 10.8. The molecule has 0 saturated carbocycles. The molecular formula is C29H30F2N4O6. The quantitative estimate of drug-likeness (QED) is 0.469. The number of benzene rings is 2. The maximum Gasteiger partial charge on any atom is 0.293 e. The second-order valence-corrected chi connectivity index (χ2v) is 10.7. The average molecular weight is 569 g/mol. The van der Waals surface area contributed by atoms with E-state index in [0.29, 0.717) is 30.8 Å². The molecule has 2 aliphatic heterocycles. The number of carbonyl (C=O) groups is 3. The minimum atomic E-state index is -1.47. The standard InChI is InChI=1S/C29H30F2N4O6/c1-29(2,28(39)34-9-4-5-10-34)24-20(30)13-17(14-21(24)31)32-26(37)25-19-7-6-18(40-3)12-16(19)8-11-35(25)27(38)22-15-23(36)33-41-22/h6-7,12-15,25H,4-5,8-11H2,1-3H3,(H,32,37)(H,33,36)/t25-/m1/s1. The van der Waals surface area contributed by atoms with Gasteiger partial charge in [-0.15, -0.1) is 0 Å². The van der Waals surface area contributed by atoms with Gasteiger partial charge in [0, 0.05) is 30.9 Å². The van der Waals surface area contributed by atoms with Gasteiger partial charge in [-0.1, -0.05) is 6.07 Å². The van der Waals surface area contributed by atoms with Crippen molar-refractivity contribution in [2.75, 3.05) is 32.1 Å². The van der Waals surface area contributed by atoms with E-state index in [-0.39, 0.29) is 29.5 Å². The largest absolute Gasteiger partial charge is 0.497 e. The topological polar surface area (TPSA) is 125 Å². The Bertz CT molecular complexity index is 1550. The molecule has 1 atom stereocenters.